The first kappa shape index (κ1) is 17.3. The predicted octanol–water partition coefficient (Wildman–Crippen LogP) is 5.98. The molecule has 2 heterocycles. The highest BCUT2D eigenvalue weighted by Crippen LogP contribution is 2.49. The first-order valence-electron chi connectivity index (χ1n) is 10.1. The van der Waals surface area contributed by atoms with Gasteiger partial charge in [0, 0.05) is 22.1 Å². The number of nitrogens with zero attached hydrogens (tertiary/aromatic N) is 1. The average Bonchev–Trinajstić information content (AvgIpc) is 2.70. The van der Waals surface area contributed by atoms with Gasteiger partial charge in [-0.3, -0.25) is 0 Å². The van der Waals surface area contributed by atoms with E-state index in [0.717, 1.165) is 64.7 Å². The second-order valence-corrected chi connectivity index (χ2v) is 8.22. The maximum absolute atomic E-state index is 10.9. The van der Waals surface area contributed by atoms with Crippen LogP contribution in [0.25, 0.3) is 23.1 Å². The van der Waals surface area contributed by atoms with Crippen molar-refractivity contribution in [2.45, 2.75) is 51.6 Å². The van der Waals surface area contributed by atoms with Gasteiger partial charge in [0.25, 0.3) is 0 Å². The topological polar surface area (TPSA) is 42.4 Å². The predicted molar refractivity (Wildman–Crippen MR) is 114 cm³/mol. The van der Waals surface area contributed by atoms with E-state index in [-0.39, 0.29) is 5.60 Å². The summed E-state index contributed by atoms with van der Waals surface area (Å²) in [6.45, 7) is 4.06. The van der Waals surface area contributed by atoms with E-state index in [4.69, 9.17) is 9.72 Å². The van der Waals surface area contributed by atoms with Gasteiger partial charge in [0.05, 0.1) is 11.2 Å². The van der Waals surface area contributed by atoms with Crippen LogP contribution in [0.3, 0.4) is 0 Å². The number of aromatic nitrogens is 1. The normalized spacial score (nSPS) is 17.5. The second kappa shape index (κ2) is 6.37. The van der Waals surface area contributed by atoms with Crippen LogP contribution < -0.4 is 4.74 Å². The lowest BCUT2D eigenvalue weighted by Gasteiger charge is -2.46. The highest BCUT2D eigenvalue weighted by molar-refractivity contribution is 5.82. The van der Waals surface area contributed by atoms with Crippen molar-refractivity contribution in [2.75, 3.05) is 0 Å². The largest absolute Gasteiger partial charge is 0.507 e. The van der Waals surface area contributed by atoms with Crippen molar-refractivity contribution in [2.24, 2.45) is 0 Å². The molecule has 0 bridgehead atoms. The molecule has 1 aromatic heterocycles. The fourth-order valence-electron chi connectivity index (χ4n) is 4.57. The molecule has 142 valence electrons. The van der Waals surface area contributed by atoms with E-state index in [1.807, 2.05) is 43.3 Å². The van der Waals surface area contributed by atoms with Crippen LogP contribution in [0, 0.1) is 13.8 Å². The van der Waals surface area contributed by atoms with Crippen molar-refractivity contribution in [3.8, 4) is 11.5 Å². The third-order valence-corrected chi connectivity index (χ3v) is 6.54. The number of pyridine rings is 1. The number of ether oxygens (including phenoxy) is 1. The fraction of sp³-hybridized carbons (Fsp3) is 0.320. The number of benzene rings is 2. The Morgan fingerprint density at radius 3 is 2.61 bits per heavy atom. The summed E-state index contributed by atoms with van der Waals surface area (Å²) in [5.41, 5.74) is 5.88. The minimum Gasteiger partial charge on any atom is -0.507 e. The molecule has 0 saturated heterocycles. The minimum absolute atomic E-state index is 0.0437. The van der Waals surface area contributed by atoms with E-state index in [1.54, 1.807) is 0 Å². The zero-order chi connectivity index (χ0) is 19.3. The molecule has 1 spiro atoms. The highest BCUT2D eigenvalue weighted by Gasteiger charge is 2.43. The molecule has 0 unspecified atom stereocenters. The van der Waals surface area contributed by atoms with Gasteiger partial charge >= 0.3 is 0 Å². The lowest BCUT2D eigenvalue weighted by molar-refractivity contribution is -0.0257. The lowest BCUT2D eigenvalue weighted by Crippen LogP contribution is -2.46. The smallest absolute Gasteiger partial charge is 0.127 e. The van der Waals surface area contributed by atoms with Crippen LogP contribution in [-0.2, 0) is 6.42 Å². The van der Waals surface area contributed by atoms with E-state index in [0.29, 0.717) is 5.75 Å². The van der Waals surface area contributed by atoms with Crippen molar-refractivity contribution < 1.29 is 9.84 Å². The molecule has 2 aromatic carbocycles. The monoisotopic (exact) mass is 371 g/mol. The molecule has 1 aliphatic heterocycles. The van der Waals surface area contributed by atoms with Crippen molar-refractivity contribution in [3.05, 3.63) is 64.3 Å². The molecule has 1 aliphatic carbocycles. The summed E-state index contributed by atoms with van der Waals surface area (Å²) < 4.78 is 6.51. The van der Waals surface area contributed by atoms with Crippen molar-refractivity contribution >= 4 is 23.1 Å². The number of aromatic hydroxyl groups is 1. The molecule has 3 heteroatoms. The quantitative estimate of drug-likeness (QED) is 0.603. The molecule has 0 radical (unpaired) electrons. The summed E-state index contributed by atoms with van der Waals surface area (Å²) in [4.78, 5) is 4.71. The van der Waals surface area contributed by atoms with Crippen LogP contribution in [0.1, 0.15) is 53.6 Å². The SMILES string of the molecule is Cc1c(O)c(C=Cc2ccc3ccccc3n2)c(C)c2c1CCC1(CCC1)O2. The summed E-state index contributed by atoms with van der Waals surface area (Å²) in [6.07, 6.45) is 9.56. The Hall–Kier alpha value is -2.81. The van der Waals surface area contributed by atoms with Crippen LogP contribution in [-0.4, -0.2) is 15.7 Å². The molecular formula is C25H25NO2. The molecule has 3 nitrogen and oxygen atoms in total. The standard InChI is InChI=1S/C25H25NO2/c1-16-21-12-15-25(13-5-14-25)28-24(21)17(2)20(23(16)27)11-10-19-9-8-18-6-3-4-7-22(18)26-19/h3-4,6-11,27H,5,12-15H2,1-2H3. The van der Waals surface area contributed by atoms with Crippen molar-refractivity contribution in [1.29, 1.82) is 0 Å². The van der Waals surface area contributed by atoms with Gasteiger partial charge < -0.3 is 9.84 Å². The first-order valence-corrected chi connectivity index (χ1v) is 10.1. The zero-order valence-corrected chi connectivity index (χ0v) is 16.5. The summed E-state index contributed by atoms with van der Waals surface area (Å²) >= 11 is 0. The Kier molecular flexibility index (Phi) is 3.94. The van der Waals surface area contributed by atoms with E-state index < -0.39 is 0 Å². The van der Waals surface area contributed by atoms with Crippen molar-refractivity contribution in [3.63, 3.8) is 0 Å². The molecule has 2 aliphatic rings. The maximum Gasteiger partial charge on any atom is 0.127 e. The molecule has 1 saturated carbocycles. The van der Waals surface area contributed by atoms with E-state index in [1.165, 1.54) is 12.0 Å². The van der Waals surface area contributed by atoms with Gasteiger partial charge in [0.2, 0.25) is 0 Å². The Bertz CT molecular complexity index is 1110. The van der Waals surface area contributed by atoms with Gasteiger partial charge in [-0.05, 0) is 75.8 Å². The van der Waals surface area contributed by atoms with Crippen LogP contribution in [0.4, 0.5) is 0 Å². The number of fused-ring (bicyclic) bond motifs is 2. The summed E-state index contributed by atoms with van der Waals surface area (Å²) in [6, 6.07) is 12.2. The maximum atomic E-state index is 10.9. The number of hydrogen-bond donors (Lipinski definition) is 1. The molecule has 0 atom stereocenters. The second-order valence-electron chi connectivity index (χ2n) is 8.22. The third-order valence-electron chi connectivity index (χ3n) is 6.54. The molecule has 0 amide bonds. The van der Waals surface area contributed by atoms with Gasteiger partial charge in [-0.25, -0.2) is 4.98 Å². The lowest BCUT2D eigenvalue weighted by atomic mass is 9.73. The van der Waals surface area contributed by atoms with E-state index in [9.17, 15) is 5.11 Å². The highest BCUT2D eigenvalue weighted by atomic mass is 16.5. The van der Waals surface area contributed by atoms with Gasteiger partial charge in [0.15, 0.2) is 0 Å². The summed E-state index contributed by atoms with van der Waals surface area (Å²) in [7, 11) is 0. The zero-order valence-electron chi connectivity index (χ0n) is 16.5. The Labute approximate surface area is 165 Å². The number of para-hydroxylation sites is 1. The Morgan fingerprint density at radius 2 is 1.82 bits per heavy atom. The van der Waals surface area contributed by atoms with Crippen LogP contribution >= 0.6 is 0 Å². The van der Waals surface area contributed by atoms with Crippen LogP contribution in [0.2, 0.25) is 0 Å². The molecule has 3 aromatic rings. The molecule has 5 rings (SSSR count). The molecule has 1 N–H and O–H groups in total. The molecule has 1 fully saturated rings. The Morgan fingerprint density at radius 1 is 1.00 bits per heavy atom. The van der Waals surface area contributed by atoms with E-state index >= 15 is 0 Å². The number of rotatable bonds is 2. The van der Waals surface area contributed by atoms with Gasteiger partial charge in [0.1, 0.15) is 17.1 Å². The van der Waals surface area contributed by atoms with Gasteiger partial charge in [-0.2, -0.15) is 0 Å². The van der Waals surface area contributed by atoms with Gasteiger partial charge in [-0.1, -0.05) is 24.3 Å². The number of phenols is 1. The minimum atomic E-state index is 0.0437. The summed E-state index contributed by atoms with van der Waals surface area (Å²) in [5, 5.41) is 12.0. The van der Waals surface area contributed by atoms with Gasteiger partial charge in [-0.15, -0.1) is 0 Å². The molecule has 28 heavy (non-hydrogen) atoms. The number of hydrogen-bond acceptors (Lipinski definition) is 3. The number of phenolic OH excluding ortho intramolecular Hbond substituents is 1. The third kappa shape index (κ3) is 2.69. The van der Waals surface area contributed by atoms with Crippen LogP contribution in [0.5, 0.6) is 11.5 Å². The van der Waals surface area contributed by atoms with E-state index in [2.05, 4.69) is 19.1 Å². The Balaban J connectivity index is 1.55. The average molecular weight is 371 g/mol. The van der Waals surface area contributed by atoms with Crippen LogP contribution in [0.15, 0.2) is 36.4 Å². The molecular weight excluding hydrogens is 346 g/mol. The fourth-order valence-corrected chi connectivity index (χ4v) is 4.57. The van der Waals surface area contributed by atoms with Crippen molar-refractivity contribution in [1.82, 2.24) is 4.98 Å². The summed E-state index contributed by atoms with van der Waals surface area (Å²) in [5.74, 6) is 1.36. The first-order chi connectivity index (χ1) is 13.6.